The molecule has 1 saturated heterocycles. The Kier molecular flexibility index (Phi) is 5.49. The van der Waals surface area contributed by atoms with Crippen molar-refractivity contribution in [2.75, 3.05) is 25.0 Å². The van der Waals surface area contributed by atoms with E-state index in [-0.39, 0.29) is 11.9 Å². The third kappa shape index (κ3) is 3.69. The molecule has 2 heterocycles. The minimum Gasteiger partial charge on any atom is -0.492 e. The highest BCUT2D eigenvalue weighted by molar-refractivity contribution is 5.91. The molecule has 140 valence electrons. The second-order valence-corrected chi connectivity index (χ2v) is 7.01. The largest absolute Gasteiger partial charge is 0.492 e. The van der Waals surface area contributed by atoms with Gasteiger partial charge in [0.2, 0.25) is 0 Å². The van der Waals surface area contributed by atoms with Gasteiger partial charge < -0.3 is 19.5 Å². The zero-order chi connectivity index (χ0) is 18.7. The summed E-state index contributed by atoms with van der Waals surface area (Å²) in [6, 6.07) is 7.82. The minimum absolute atomic E-state index is 0.0842. The molecule has 1 aliphatic heterocycles. The number of carbonyl (C=O) groups is 1. The first-order chi connectivity index (χ1) is 12.5. The number of likely N-dealkylation sites (tertiary alicyclic amines) is 1. The van der Waals surface area contributed by atoms with E-state index in [1.165, 1.54) is 5.69 Å². The third-order valence-corrected chi connectivity index (χ3v) is 4.80. The minimum atomic E-state index is -0.0842. The SMILES string of the molecule is CCOc1ccccc1NC(=O)N1CCC(c2ncc(C)n2C(C)C)C1. The van der Waals surface area contributed by atoms with E-state index in [1.54, 1.807) is 0 Å². The van der Waals surface area contributed by atoms with Crippen molar-refractivity contribution >= 4 is 11.7 Å². The molecule has 1 atom stereocenters. The number of hydrogen-bond acceptors (Lipinski definition) is 3. The Morgan fingerprint density at radius 1 is 1.38 bits per heavy atom. The fourth-order valence-corrected chi connectivity index (χ4v) is 3.64. The normalized spacial score (nSPS) is 17.0. The average Bonchev–Trinajstić information content (AvgIpc) is 3.23. The van der Waals surface area contributed by atoms with Gasteiger partial charge in [-0.05, 0) is 46.2 Å². The summed E-state index contributed by atoms with van der Waals surface area (Å²) in [6.45, 7) is 10.3. The second kappa shape index (κ2) is 7.81. The highest BCUT2D eigenvalue weighted by Gasteiger charge is 2.31. The molecule has 6 heteroatoms. The number of nitrogens with zero attached hydrogens (tertiary/aromatic N) is 3. The number of nitrogens with one attached hydrogen (secondary N) is 1. The average molecular weight is 356 g/mol. The number of amides is 2. The molecular weight excluding hydrogens is 328 g/mol. The lowest BCUT2D eigenvalue weighted by atomic mass is 10.1. The van der Waals surface area contributed by atoms with E-state index in [9.17, 15) is 4.79 Å². The number of aryl methyl sites for hydroxylation is 1. The lowest BCUT2D eigenvalue weighted by molar-refractivity contribution is 0.221. The summed E-state index contributed by atoms with van der Waals surface area (Å²) in [5.41, 5.74) is 1.88. The Morgan fingerprint density at radius 2 is 2.15 bits per heavy atom. The van der Waals surface area contributed by atoms with Gasteiger partial charge in [-0.25, -0.2) is 9.78 Å². The number of anilines is 1. The maximum Gasteiger partial charge on any atom is 0.321 e. The van der Waals surface area contributed by atoms with Gasteiger partial charge in [0.05, 0.1) is 12.3 Å². The summed E-state index contributed by atoms with van der Waals surface area (Å²) < 4.78 is 7.86. The quantitative estimate of drug-likeness (QED) is 0.874. The van der Waals surface area contributed by atoms with E-state index in [4.69, 9.17) is 4.74 Å². The molecular formula is C20H28N4O2. The summed E-state index contributed by atoms with van der Waals surface area (Å²) >= 11 is 0. The van der Waals surface area contributed by atoms with E-state index in [0.717, 1.165) is 18.8 Å². The van der Waals surface area contributed by atoms with Crippen molar-refractivity contribution in [3.8, 4) is 5.75 Å². The van der Waals surface area contributed by atoms with Gasteiger partial charge in [-0.15, -0.1) is 0 Å². The van der Waals surface area contributed by atoms with Crippen LogP contribution in [0.3, 0.4) is 0 Å². The van der Waals surface area contributed by atoms with Gasteiger partial charge in [-0.1, -0.05) is 12.1 Å². The molecule has 1 N–H and O–H groups in total. The van der Waals surface area contributed by atoms with E-state index in [0.29, 0.717) is 30.6 Å². The van der Waals surface area contributed by atoms with Gasteiger partial charge in [0.1, 0.15) is 11.6 Å². The number of imidazole rings is 1. The number of hydrogen-bond donors (Lipinski definition) is 1. The van der Waals surface area contributed by atoms with Crippen LogP contribution in [0.1, 0.15) is 50.7 Å². The first kappa shape index (κ1) is 18.3. The van der Waals surface area contributed by atoms with Crippen molar-refractivity contribution in [1.29, 1.82) is 0 Å². The number of benzene rings is 1. The van der Waals surface area contributed by atoms with Crippen LogP contribution in [-0.4, -0.2) is 40.2 Å². The molecule has 6 nitrogen and oxygen atoms in total. The van der Waals surface area contributed by atoms with E-state index in [1.807, 2.05) is 42.3 Å². The van der Waals surface area contributed by atoms with Gasteiger partial charge in [0.25, 0.3) is 0 Å². The number of aromatic nitrogens is 2. The summed E-state index contributed by atoms with van der Waals surface area (Å²) in [4.78, 5) is 19.2. The van der Waals surface area contributed by atoms with Crippen LogP contribution in [0.25, 0.3) is 0 Å². The Labute approximate surface area is 155 Å². The maximum atomic E-state index is 12.7. The Balaban J connectivity index is 1.69. The monoisotopic (exact) mass is 356 g/mol. The Morgan fingerprint density at radius 3 is 2.88 bits per heavy atom. The van der Waals surface area contributed by atoms with Crippen molar-refractivity contribution in [3.05, 3.63) is 42.0 Å². The molecule has 2 aromatic rings. The van der Waals surface area contributed by atoms with Crippen LogP contribution in [0.4, 0.5) is 10.5 Å². The number of rotatable bonds is 5. The van der Waals surface area contributed by atoms with Gasteiger partial charge in [-0.3, -0.25) is 0 Å². The number of urea groups is 1. The summed E-state index contributed by atoms with van der Waals surface area (Å²) in [6.07, 6.45) is 2.86. The van der Waals surface area contributed by atoms with E-state index in [2.05, 4.69) is 35.6 Å². The molecule has 3 rings (SSSR count). The van der Waals surface area contributed by atoms with E-state index < -0.39 is 0 Å². The summed E-state index contributed by atoms with van der Waals surface area (Å²) in [5, 5.41) is 2.99. The molecule has 0 radical (unpaired) electrons. The Bertz CT molecular complexity index is 769. The van der Waals surface area contributed by atoms with Crippen LogP contribution < -0.4 is 10.1 Å². The molecule has 1 aliphatic rings. The summed E-state index contributed by atoms with van der Waals surface area (Å²) in [5.74, 6) is 2.06. The molecule has 0 bridgehead atoms. The molecule has 1 aromatic carbocycles. The topological polar surface area (TPSA) is 59.4 Å². The predicted octanol–water partition coefficient (Wildman–Crippen LogP) is 4.19. The lowest BCUT2D eigenvalue weighted by Gasteiger charge is -2.20. The highest BCUT2D eigenvalue weighted by atomic mass is 16.5. The van der Waals surface area contributed by atoms with Crippen molar-refractivity contribution in [3.63, 3.8) is 0 Å². The molecule has 0 saturated carbocycles. The van der Waals surface area contributed by atoms with Gasteiger partial charge in [-0.2, -0.15) is 0 Å². The van der Waals surface area contributed by atoms with Gasteiger partial charge >= 0.3 is 6.03 Å². The van der Waals surface area contributed by atoms with Crippen molar-refractivity contribution in [1.82, 2.24) is 14.5 Å². The van der Waals surface area contributed by atoms with Crippen LogP contribution in [0.5, 0.6) is 5.75 Å². The summed E-state index contributed by atoms with van der Waals surface area (Å²) in [7, 11) is 0. The number of para-hydroxylation sites is 2. The molecule has 0 aliphatic carbocycles. The van der Waals surface area contributed by atoms with Crippen molar-refractivity contribution in [2.45, 2.75) is 46.1 Å². The third-order valence-electron chi connectivity index (χ3n) is 4.80. The van der Waals surface area contributed by atoms with Gasteiger partial charge in [0.15, 0.2) is 0 Å². The zero-order valence-electron chi connectivity index (χ0n) is 16.0. The fraction of sp³-hybridized carbons (Fsp3) is 0.500. The first-order valence-electron chi connectivity index (χ1n) is 9.32. The molecule has 26 heavy (non-hydrogen) atoms. The van der Waals surface area contributed by atoms with Gasteiger partial charge in [0, 0.05) is 36.9 Å². The maximum absolute atomic E-state index is 12.7. The van der Waals surface area contributed by atoms with E-state index >= 15 is 0 Å². The molecule has 2 amide bonds. The standard InChI is InChI=1S/C20H28N4O2/c1-5-26-18-9-7-6-8-17(18)22-20(25)23-11-10-16(13-23)19-21-12-15(4)24(19)14(2)3/h6-9,12,14,16H,5,10-11,13H2,1-4H3,(H,22,25). The Hall–Kier alpha value is -2.50. The molecule has 1 aromatic heterocycles. The number of ether oxygens (including phenoxy) is 1. The smallest absolute Gasteiger partial charge is 0.321 e. The molecule has 1 fully saturated rings. The van der Waals surface area contributed by atoms with Crippen LogP contribution in [0, 0.1) is 6.92 Å². The predicted molar refractivity (Wildman–Crippen MR) is 103 cm³/mol. The number of carbonyl (C=O) groups excluding carboxylic acids is 1. The van der Waals surface area contributed by atoms with Crippen molar-refractivity contribution in [2.24, 2.45) is 0 Å². The second-order valence-electron chi connectivity index (χ2n) is 7.01. The van der Waals surface area contributed by atoms with Crippen LogP contribution >= 0.6 is 0 Å². The first-order valence-corrected chi connectivity index (χ1v) is 9.32. The molecule has 0 spiro atoms. The molecule has 1 unspecified atom stereocenters. The van der Waals surface area contributed by atoms with Crippen LogP contribution in [0.2, 0.25) is 0 Å². The van der Waals surface area contributed by atoms with Crippen molar-refractivity contribution < 1.29 is 9.53 Å². The van der Waals surface area contributed by atoms with Crippen LogP contribution in [-0.2, 0) is 0 Å². The zero-order valence-corrected chi connectivity index (χ0v) is 16.0. The highest BCUT2D eigenvalue weighted by Crippen LogP contribution is 2.30. The van der Waals surface area contributed by atoms with Crippen LogP contribution in [0.15, 0.2) is 30.5 Å². The lowest BCUT2D eigenvalue weighted by Crippen LogP contribution is -2.33. The fourth-order valence-electron chi connectivity index (χ4n) is 3.64.